The maximum absolute atomic E-state index is 12.5. The van der Waals surface area contributed by atoms with Gasteiger partial charge >= 0.3 is 0 Å². The first-order valence-corrected chi connectivity index (χ1v) is 10.1. The number of hydrogen-bond acceptors (Lipinski definition) is 3. The van der Waals surface area contributed by atoms with Crippen LogP contribution in [-0.2, 0) is 6.54 Å². The first kappa shape index (κ1) is 19.1. The van der Waals surface area contributed by atoms with E-state index in [-0.39, 0.29) is 11.9 Å². The van der Waals surface area contributed by atoms with Crippen molar-refractivity contribution in [3.63, 3.8) is 0 Å². The molecule has 140 valence electrons. The van der Waals surface area contributed by atoms with Crippen molar-refractivity contribution < 1.29 is 4.79 Å². The second-order valence-electron chi connectivity index (χ2n) is 7.40. The van der Waals surface area contributed by atoms with Gasteiger partial charge in [0.1, 0.15) is 0 Å². The molecule has 3 rings (SSSR count). The molecule has 0 radical (unpaired) electrons. The zero-order chi connectivity index (χ0) is 18.7. The predicted molar refractivity (Wildman–Crippen MR) is 107 cm³/mol. The van der Waals surface area contributed by atoms with Crippen molar-refractivity contribution in [3.05, 3.63) is 51.3 Å². The standard InChI is InChI=1S/C20H27BrN4O/c1-13(2)18-17(21)19(24-23-18)20(26)22-16-8-10-25(11-9-16)12-15-7-5-4-6-14(15)3/h4-7,13,16H,8-12H2,1-3H3,(H,22,26)(H,23,24). The molecule has 1 saturated heterocycles. The Morgan fingerprint density at radius 1 is 1.35 bits per heavy atom. The molecule has 0 unspecified atom stereocenters. The first-order valence-electron chi connectivity index (χ1n) is 9.27. The van der Waals surface area contributed by atoms with Gasteiger partial charge in [0.15, 0.2) is 5.69 Å². The van der Waals surface area contributed by atoms with E-state index in [4.69, 9.17) is 0 Å². The third-order valence-corrected chi connectivity index (χ3v) is 5.91. The molecule has 1 fully saturated rings. The van der Waals surface area contributed by atoms with Crippen LogP contribution in [0.2, 0.25) is 0 Å². The Morgan fingerprint density at radius 3 is 2.65 bits per heavy atom. The summed E-state index contributed by atoms with van der Waals surface area (Å²) in [6.45, 7) is 9.29. The SMILES string of the molecule is Cc1ccccc1CN1CCC(NC(=O)c2n[nH]c(C(C)C)c2Br)CC1. The van der Waals surface area contributed by atoms with E-state index < -0.39 is 0 Å². The van der Waals surface area contributed by atoms with Gasteiger partial charge in [0.2, 0.25) is 0 Å². The molecule has 0 aliphatic carbocycles. The lowest BCUT2D eigenvalue weighted by atomic mass is 10.0. The Hall–Kier alpha value is -1.66. The molecule has 1 aromatic carbocycles. The van der Waals surface area contributed by atoms with Crippen molar-refractivity contribution in [2.75, 3.05) is 13.1 Å². The van der Waals surface area contributed by atoms with Gasteiger partial charge in [-0.3, -0.25) is 14.8 Å². The summed E-state index contributed by atoms with van der Waals surface area (Å²) in [6, 6.07) is 8.75. The minimum Gasteiger partial charge on any atom is -0.348 e. The smallest absolute Gasteiger partial charge is 0.273 e. The number of amides is 1. The van der Waals surface area contributed by atoms with Gasteiger partial charge in [-0.1, -0.05) is 38.1 Å². The second-order valence-corrected chi connectivity index (χ2v) is 8.20. The number of aryl methyl sites for hydroxylation is 1. The molecule has 0 bridgehead atoms. The lowest BCUT2D eigenvalue weighted by Crippen LogP contribution is -2.44. The van der Waals surface area contributed by atoms with Crippen LogP contribution in [0.3, 0.4) is 0 Å². The molecule has 0 atom stereocenters. The van der Waals surface area contributed by atoms with E-state index in [2.05, 4.69) is 81.4 Å². The summed E-state index contributed by atoms with van der Waals surface area (Å²) in [5.41, 5.74) is 4.14. The predicted octanol–water partition coefficient (Wildman–Crippen LogP) is 4.00. The van der Waals surface area contributed by atoms with E-state index >= 15 is 0 Å². The summed E-state index contributed by atoms with van der Waals surface area (Å²) in [7, 11) is 0. The van der Waals surface area contributed by atoms with E-state index in [0.29, 0.717) is 11.6 Å². The number of H-pyrrole nitrogens is 1. The van der Waals surface area contributed by atoms with Gasteiger partial charge in [0.05, 0.1) is 10.2 Å². The van der Waals surface area contributed by atoms with Crippen molar-refractivity contribution >= 4 is 21.8 Å². The number of carbonyl (C=O) groups is 1. The number of likely N-dealkylation sites (tertiary alicyclic amines) is 1. The number of aromatic amines is 1. The Balaban J connectivity index is 1.52. The average molecular weight is 419 g/mol. The lowest BCUT2D eigenvalue weighted by molar-refractivity contribution is 0.0903. The van der Waals surface area contributed by atoms with E-state index in [1.54, 1.807) is 0 Å². The van der Waals surface area contributed by atoms with Crippen molar-refractivity contribution in [1.29, 1.82) is 0 Å². The Labute approximate surface area is 163 Å². The highest BCUT2D eigenvalue weighted by Gasteiger charge is 2.24. The molecule has 0 spiro atoms. The molecular formula is C20H27BrN4O. The molecule has 0 saturated carbocycles. The fourth-order valence-electron chi connectivity index (χ4n) is 3.39. The largest absolute Gasteiger partial charge is 0.348 e. The van der Waals surface area contributed by atoms with Gasteiger partial charge in [0.25, 0.3) is 5.91 Å². The van der Waals surface area contributed by atoms with Crippen molar-refractivity contribution in [2.45, 2.75) is 52.1 Å². The summed E-state index contributed by atoms with van der Waals surface area (Å²) in [4.78, 5) is 15.0. The molecule has 2 aromatic rings. The number of hydrogen-bond donors (Lipinski definition) is 2. The van der Waals surface area contributed by atoms with Crippen molar-refractivity contribution in [3.8, 4) is 0 Å². The third-order valence-electron chi connectivity index (χ3n) is 5.10. The van der Waals surface area contributed by atoms with Crippen LogP contribution in [0.4, 0.5) is 0 Å². The first-order chi connectivity index (χ1) is 12.5. The molecule has 5 nitrogen and oxygen atoms in total. The minimum atomic E-state index is -0.0996. The van der Waals surface area contributed by atoms with Crippen LogP contribution in [0, 0.1) is 6.92 Å². The fourth-order valence-corrected chi connectivity index (χ4v) is 4.21. The number of halogens is 1. The quantitative estimate of drug-likeness (QED) is 0.770. The number of carbonyl (C=O) groups excluding carboxylic acids is 1. The van der Waals surface area contributed by atoms with E-state index in [1.165, 1.54) is 11.1 Å². The lowest BCUT2D eigenvalue weighted by Gasteiger charge is -2.32. The molecule has 1 amide bonds. The molecule has 2 N–H and O–H groups in total. The van der Waals surface area contributed by atoms with Gasteiger partial charge in [-0.2, -0.15) is 5.10 Å². The maximum atomic E-state index is 12.5. The van der Waals surface area contributed by atoms with Crippen LogP contribution in [0.25, 0.3) is 0 Å². The molecule has 1 aliphatic heterocycles. The molecule has 1 aromatic heterocycles. The Morgan fingerprint density at radius 2 is 2.04 bits per heavy atom. The Kier molecular flexibility index (Phi) is 6.14. The molecule has 2 heterocycles. The summed E-state index contributed by atoms with van der Waals surface area (Å²) in [6.07, 6.45) is 1.94. The average Bonchev–Trinajstić information content (AvgIpc) is 3.00. The fraction of sp³-hybridized carbons (Fsp3) is 0.500. The molecule has 26 heavy (non-hydrogen) atoms. The summed E-state index contributed by atoms with van der Waals surface area (Å²) in [5, 5.41) is 10.3. The minimum absolute atomic E-state index is 0.0996. The van der Waals surface area contributed by atoms with Crippen LogP contribution in [0.1, 0.15) is 59.9 Å². The number of benzene rings is 1. The number of nitrogens with one attached hydrogen (secondary N) is 2. The van der Waals surface area contributed by atoms with Gasteiger partial charge in [0, 0.05) is 25.7 Å². The zero-order valence-electron chi connectivity index (χ0n) is 15.7. The van der Waals surface area contributed by atoms with Crippen LogP contribution in [-0.4, -0.2) is 40.1 Å². The topological polar surface area (TPSA) is 61.0 Å². The van der Waals surface area contributed by atoms with Gasteiger partial charge in [-0.15, -0.1) is 0 Å². The summed E-state index contributed by atoms with van der Waals surface area (Å²) < 4.78 is 0.780. The summed E-state index contributed by atoms with van der Waals surface area (Å²) >= 11 is 3.51. The second kappa shape index (κ2) is 8.35. The Bertz CT molecular complexity index is 763. The number of rotatable bonds is 5. The molecule has 6 heteroatoms. The van der Waals surface area contributed by atoms with E-state index in [0.717, 1.165) is 42.6 Å². The van der Waals surface area contributed by atoms with E-state index in [1.807, 2.05) is 0 Å². The third kappa shape index (κ3) is 4.35. The van der Waals surface area contributed by atoms with E-state index in [9.17, 15) is 4.79 Å². The van der Waals surface area contributed by atoms with Crippen LogP contribution < -0.4 is 5.32 Å². The highest BCUT2D eigenvalue weighted by atomic mass is 79.9. The van der Waals surface area contributed by atoms with Gasteiger partial charge < -0.3 is 5.32 Å². The van der Waals surface area contributed by atoms with Crippen LogP contribution in [0.15, 0.2) is 28.7 Å². The number of piperidine rings is 1. The van der Waals surface area contributed by atoms with Gasteiger partial charge in [-0.25, -0.2) is 0 Å². The normalized spacial score (nSPS) is 16.2. The van der Waals surface area contributed by atoms with Crippen molar-refractivity contribution in [1.82, 2.24) is 20.4 Å². The number of aromatic nitrogens is 2. The molecular weight excluding hydrogens is 392 g/mol. The van der Waals surface area contributed by atoms with Gasteiger partial charge in [-0.05, 0) is 52.7 Å². The molecule has 1 aliphatic rings. The summed E-state index contributed by atoms with van der Waals surface area (Å²) in [5.74, 6) is 0.195. The maximum Gasteiger partial charge on any atom is 0.273 e. The highest BCUT2D eigenvalue weighted by molar-refractivity contribution is 9.10. The number of nitrogens with zero attached hydrogens (tertiary/aromatic N) is 2. The highest BCUT2D eigenvalue weighted by Crippen LogP contribution is 2.26. The zero-order valence-corrected chi connectivity index (χ0v) is 17.3. The van der Waals surface area contributed by atoms with Crippen molar-refractivity contribution in [2.24, 2.45) is 0 Å². The van der Waals surface area contributed by atoms with Crippen LogP contribution in [0.5, 0.6) is 0 Å². The monoisotopic (exact) mass is 418 g/mol. The van der Waals surface area contributed by atoms with Crippen LogP contribution >= 0.6 is 15.9 Å².